The van der Waals surface area contributed by atoms with Crippen LogP contribution in [0.3, 0.4) is 0 Å². The van der Waals surface area contributed by atoms with Crippen LogP contribution in [0.25, 0.3) is 10.2 Å². The summed E-state index contributed by atoms with van der Waals surface area (Å²) in [6.45, 7) is 0.802. The van der Waals surface area contributed by atoms with Crippen molar-refractivity contribution < 1.29 is 13.2 Å². The number of aromatic nitrogens is 1. The minimum absolute atomic E-state index is 0.190. The molecular formula is C14H12Cl2N2O3S3. The predicted octanol–water partition coefficient (Wildman–Crippen LogP) is 4.01. The van der Waals surface area contributed by atoms with Crippen molar-refractivity contribution in [3.05, 3.63) is 44.5 Å². The summed E-state index contributed by atoms with van der Waals surface area (Å²) in [6, 6.07) is 6.56. The van der Waals surface area contributed by atoms with Crippen LogP contribution in [0.1, 0.15) is 0 Å². The second kappa shape index (κ2) is 7.15. The summed E-state index contributed by atoms with van der Waals surface area (Å²) >= 11 is 14.8. The second-order valence-corrected chi connectivity index (χ2v) is 9.31. The van der Waals surface area contributed by atoms with Gasteiger partial charge in [0.05, 0.1) is 26.9 Å². The van der Waals surface area contributed by atoms with E-state index in [9.17, 15) is 8.42 Å². The van der Waals surface area contributed by atoms with E-state index in [1.807, 2.05) is 0 Å². The number of hydrogen-bond acceptors (Lipinski definition) is 5. The van der Waals surface area contributed by atoms with Crippen LogP contribution in [-0.4, -0.2) is 26.7 Å². The van der Waals surface area contributed by atoms with E-state index >= 15 is 0 Å². The molecule has 0 unspecified atom stereocenters. The molecule has 1 aromatic carbocycles. The maximum Gasteiger partial charge on any atom is 0.294 e. The first kappa shape index (κ1) is 17.9. The molecule has 3 rings (SSSR count). The Morgan fingerprint density at radius 3 is 2.67 bits per heavy atom. The molecule has 128 valence electrons. The highest BCUT2D eigenvalue weighted by molar-refractivity contribution is 7.92. The van der Waals surface area contributed by atoms with Crippen molar-refractivity contribution in [2.75, 3.05) is 13.7 Å². The zero-order valence-corrected chi connectivity index (χ0v) is 16.4. The van der Waals surface area contributed by atoms with Gasteiger partial charge < -0.3 is 9.30 Å². The lowest BCUT2D eigenvalue weighted by atomic mass is 10.3. The van der Waals surface area contributed by atoms with Crippen molar-refractivity contribution >= 4 is 66.1 Å². The molecule has 24 heavy (non-hydrogen) atoms. The first-order valence-electron chi connectivity index (χ1n) is 6.75. The van der Waals surface area contributed by atoms with Crippen molar-refractivity contribution in [3.8, 4) is 0 Å². The number of ether oxygens (including phenoxy) is 1. The van der Waals surface area contributed by atoms with Crippen LogP contribution < -0.4 is 4.80 Å². The molecule has 0 aliphatic heterocycles. The van der Waals surface area contributed by atoms with Gasteiger partial charge in [-0.1, -0.05) is 40.6 Å². The molecule has 5 nitrogen and oxygen atoms in total. The zero-order chi connectivity index (χ0) is 17.3. The standard InChI is InChI=1S/C14H12Cl2N2O3S3/c1-21-7-6-18-12-9(15)4-5-10(16)13(12)23-14(18)17-24(19,20)11-3-2-8-22-11/h2-5,8H,6-7H2,1H3. The molecule has 0 aliphatic rings. The summed E-state index contributed by atoms with van der Waals surface area (Å²) in [7, 11) is -2.21. The van der Waals surface area contributed by atoms with Crippen LogP contribution in [0.15, 0.2) is 38.3 Å². The first-order chi connectivity index (χ1) is 11.4. The van der Waals surface area contributed by atoms with E-state index in [4.69, 9.17) is 27.9 Å². The Balaban J connectivity index is 2.29. The number of hydrogen-bond donors (Lipinski definition) is 0. The maximum atomic E-state index is 12.5. The van der Waals surface area contributed by atoms with E-state index in [0.29, 0.717) is 38.2 Å². The lowest BCUT2D eigenvalue weighted by Gasteiger charge is -2.06. The summed E-state index contributed by atoms with van der Waals surface area (Å²) in [5.41, 5.74) is 0.659. The lowest BCUT2D eigenvalue weighted by Crippen LogP contribution is -2.19. The highest BCUT2D eigenvalue weighted by Gasteiger charge is 2.17. The molecule has 0 bridgehead atoms. The third-order valence-electron chi connectivity index (χ3n) is 3.19. The van der Waals surface area contributed by atoms with Gasteiger partial charge in [-0.05, 0) is 23.6 Å². The largest absolute Gasteiger partial charge is 0.383 e. The number of rotatable bonds is 5. The number of thiazole rings is 1. The Hall–Kier alpha value is -0.900. The molecule has 0 saturated carbocycles. The Bertz CT molecular complexity index is 1040. The van der Waals surface area contributed by atoms with Gasteiger partial charge >= 0.3 is 0 Å². The van der Waals surface area contributed by atoms with Crippen LogP contribution >= 0.6 is 45.9 Å². The number of nitrogens with zero attached hydrogens (tertiary/aromatic N) is 2. The number of halogens is 2. The molecule has 2 aromatic heterocycles. The van der Waals surface area contributed by atoms with Gasteiger partial charge in [0.25, 0.3) is 10.0 Å². The van der Waals surface area contributed by atoms with Crippen LogP contribution in [0.4, 0.5) is 0 Å². The lowest BCUT2D eigenvalue weighted by molar-refractivity contribution is 0.187. The zero-order valence-electron chi connectivity index (χ0n) is 12.4. The van der Waals surface area contributed by atoms with Gasteiger partial charge in [0.15, 0.2) is 0 Å². The number of fused-ring (bicyclic) bond motifs is 1. The molecule has 10 heteroatoms. The van der Waals surface area contributed by atoms with Crippen LogP contribution in [0, 0.1) is 0 Å². The first-order valence-corrected chi connectivity index (χ1v) is 10.6. The van der Waals surface area contributed by atoms with Gasteiger partial charge in [-0.15, -0.1) is 15.7 Å². The average molecular weight is 423 g/mol. The van der Waals surface area contributed by atoms with Crippen LogP contribution in [0.2, 0.25) is 10.0 Å². The maximum absolute atomic E-state index is 12.5. The van der Waals surface area contributed by atoms with Crippen molar-refractivity contribution in [1.82, 2.24) is 4.57 Å². The molecule has 0 amide bonds. The molecule has 0 fully saturated rings. The topological polar surface area (TPSA) is 60.7 Å². The Morgan fingerprint density at radius 2 is 2.00 bits per heavy atom. The number of benzene rings is 1. The molecule has 0 N–H and O–H groups in total. The molecule has 0 radical (unpaired) electrons. The molecule has 0 saturated heterocycles. The minimum Gasteiger partial charge on any atom is -0.383 e. The van der Waals surface area contributed by atoms with E-state index in [1.54, 1.807) is 35.3 Å². The van der Waals surface area contributed by atoms with Crippen molar-refractivity contribution in [2.45, 2.75) is 10.8 Å². The Morgan fingerprint density at radius 1 is 1.25 bits per heavy atom. The molecule has 0 aliphatic carbocycles. The molecule has 0 atom stereocenters. The summed E-state index contributed by atoms with van der Waals surface area (Å²) in [4.78, 5) is 0.311. The summed E-state index contributed by atoms with van der Waals surface area (Å²) < 4.78 is 36.7. The van der Waals surface area contributed by atoms with Gasteiger partial charge in [0.1, 0.15) is 4.21 Å². The fourth-order valence-electron chi connectivity index (χ4n) is 2.13. The van der Waals surface area contributed by atoms with Gasteiger partial charge in [-0.25, -0.2) is 0 Å². The third-order valence-corrected chi connectivity index (χ3v) is 7.79. The second-order valence-electron chi connectivity index (χ2n) is 4.73. The molecular weight excluding hydrogens is 411 g/mol. The van der Waals surface area contributed by atoms with Crippen molar-refractivity contribution in [2.24, 2.45) is 4.40 Å². The third kappa shape index (κ3) is 3.40. The minimum atomic E-state index is -3.78. The van der Waals surface area contributed by atoms with Gasteiger partial charge in [-0.2, -0.15) is 8.42 Å². The highest BCUT2D eigenvalue weighted by Crippen LogP contribution is 2.32. The van der Waals surface area contributed by atoms with Gasteiger partial charge in [-0.3, -0.25) is 0 Å². The fraction of sp³-hybridized carbons (Fsp3) is 0.214. The van der Waals surface area contributed by atoms with E-state index in [2.05, 4.69) is 4.40 Å². The summed E-state index contributed by atoms with van der Waals surface area (Å²) in [5, 5.41) is 2.68. The van der Waals surface area contributed by atoms with E-state index < -0.39 is 10.0 Å². The summed E-state index contributed by atoms with van der Waals surface area (Å²) in [5.74, 6) is 0. The monoisotopic (exact) mass is 422 g/mol. The number of thiophene rings is 1. The van der Waals surface area contributed by atoms with E-state index in [0.717, 1.165) is 11.3 Å². The normalized spacial score (nSPS) is 13.0. The Kier molecular flexibility index (Phi) is 5.33. The predicted molar refractivity (Wildman–Crippen MR) is 98.8 cm³/mol. The quantitative estimate of drug-likeness (QED) is 0.623. The Labute approximate surface area is 156 Å². The van der Waals surface area contributed by atoms with E-state index in [1.165, 1.54) is 17.4 Å². The fourth-order valence-corrected chi connectivity index (χ4v) is 5.97. The van der Waals surface area contributed by atoms with E-state index in [-0.39, 0.29) is 4.21 Å². The van der Waals surface area contributed by atoms with Gasteiger partial charge in [0.2, 0.25) is 4.80 Å². The number of methoxy groups -OCH3 is 1. The molecule has 2 heterocycles. The van der Waals surface area contributed by atoms with Crippen molar-refractivity contribution in [3.63, 3.8) is 0 Å². The summed E-state index contributed by atoms with van der Waals surface area (Å²) in [6.07, 6.45) is 0. The van der Waals surface area contributed by atoms with Gasteiger partial charge in [0, 0.05) is 13.7 Å². The average Bonchev–Trinajstić information content (AvgIpc) is 3.17. The molecule has 0 spiro atoms. The molecule has 3 aromatic rings. The van der Waals surface area contributed by atoms with Crippen molar-refractivity contribution in [1.29, 1.82) is 0 Å². The highest BCUT2D eigenvalue weighted by atomic mass is 35.5. The SMILES string of the molecule is COCCn1c(=NS(=O)(=O)c2cccs2)sc2c(Cl)ccc(Cl)c21. The smallest absolute Gasteiger partial charge is 0.294 e. The number of sulfonamides is 1. The van der Waals surface area contributed by atoms with Crippen LogP contribution in [-0.2, 0) is 21.3 Å². The van der Waals surface area contributed by atoms with Crippen LogP contribution in [0.5, 0.6) is 0 Å².